The molecular weight excluding hydrogens is 312 g/mol. The molecule has 0 radical (unpaired) electrons. The third-order valence-corrected chi connectivity index (χ3v) is 5.94. The van der Waals surface area contributed by atoms with Gasteiger partial charge in [0.1, 0.15) is 0 Å². The second kappa shape index (κ2) is 7.34. The van der Waals surface area contributed by atoms with Gasteiger partial charge in [0.15, 0.2) is 0 Å². The molecule has 6 heteroatoms. The third kappa shape index (κ3) is 4.47. The van der Waals surface area contributed by atoms with Gasteiger partial charge in [-0.25, -0.2) is 8.42 Å². The van der Waals surface area contributed by atoms with E-state index < -0.39 is 10.0 Å². The van der Waals surface area contributed by atoms with E-state index in [1.165, 1.54) is 4.31 Å². The van der Waals surface area contributed by atoms with Crippen LogP contribution in [0.4, 0.5) is 5.69 Å². The van der Waals surface area contributed by atoms with Crippen LogP contribution in [0.3, 0.4) is 0 Å². The Morgan fingerprint density at radius 1 is 1.30 bits per heavy atom. The van der Waals surface area contributed by atoms with E-state index in [1.807, 2.05) is 6.92 Å². The van der Waals surface area contributed by atoms with Crippen LogP contribution >= 0.6 is 0 Å². The number of hydrogen-bond acceptors (Lipinski definition) is 3. The lowest BCUT2D eigenvalue weighted by atomic mass is 10.1. The molecule has 23 heavy (non-hydrogen) atoms. The minimum Gasteiger partial charge on any atom is -0.352 e. The van der Waals surface area contributed by atoms with Crippen molar-refractivity contribution in [3.05, 3.63) is 29.3 Å². The second-order valence-corrected chi connectivity index (χ2v) is 8.55. The Balaban J connectivity index is 2.13. The zero-order valence-electron chi connectivity index (χ0n) is 14.1. The van der Waals surface area contributed by atoms with Crippen molar-refractivity contribution in [2.24, 2.45) is 5.92 Å². The normalized spacial score (nSPS) is 17.3. The van der Waals surface area contributed by atoms with Gasteiger partial charge in [-0.1, -0.05) is 13.8 Å². The molecule has 0 spiro atoms. The van der Waals surface area contributed by atoms with Gasteiger partial charge < -0.3 is 5.32 Å². The van der Waals surface area contributed by atoms with Crippen LogP contribution in [0.1, 0.15) is 49.0 Å². The molecule has 0 saturated carbocycles. The van der Waals surface area contributed by atoms with Gasteiger partial charge in [-0.15, -0.1) is 0 Å². The summed E-state index contributed by atoms with van der Waals surface area (Å²) in [5, 5.41) is 2.90. The van der Waals surface area contributed by atoms with E-state index in [0.717, 1.165) is 18.4 Å². The van der Waals surface area contributed by atoms with Crippen LogP contribution in [0, 0.1) is 12.8 Å². The maximum Gasteiger partial charge on any atom is 0.251 e. The predicted molar refractivity (Wildman–Crippen MR) is 93.3 cm³/mol. The van der Waals surface area contributed by atoms with Gasteiger partial charge in [-0.3, -0.25) is 9.10 Å². The van der Waals surface area contributed by atoms with Crippen LogP contribution in [0.25, 0.3) is 0 Å². The lowest BCUT2D eigenvalue weighted by Gasteiger charge is -2.29. The maximum absolute atomic E-state index is 12.2. The van der Waals surface area contributed by atoms with Crippen molar-refractivity contribution in [2.75, 3.05) is 23.1 Å². The molecule has 2 rings (SSSR count). The highest BCUT2D eigenvalue weighted by molar-refractivity contribution is 7.92. The first-order chi connectivity index (χ1) is 10.8. The summed E-state index contributed by atoms with van der Waals surface area (Å²) >= 11 is 0. The lowest BCUT2D eigenvalue weighted by Crippen LogP contribution is -2.38. The van der Waals surface area contributed by atoms with Crippen LogP contribution in [0.2, 0.25) is 0 Å². The van der Waals surface area contributed by atoms with E-state index in [4.69, 9.17) is 0 Å². The zero-order chi connectivity index (χ0) is 17.0. The smallest absolute Gasteiger partial charge is 0.251 e. The third-order valence-electron chi connectivity index (χ3n) is 4.08. The summed E-state index contributed by atoms with van der Waals surface area (Å²) in [5.41, 5.74) is 2.07. The molecule has 1 aromatic carbocycles. The zero-order valence-corrected chi connectivity index (χ0v) is 14.9. The molecule has 1 heterocycles. The van der Waals surface area contributed by atoms with Crippen LogP contribution in [0.15, 0.2) is 18.2 Å². The summed E-state index contributed by atoms with van der Waals surface area (Å²) in [4.78, 5) is 12.2. The van der Waals surface area contributed by atoms with Gasteiger partial charge >= 0.3 is 0 Å². The highest BCUT2D eigenvalue weighted by Gasteiger charge is 2.27. The maximum atomic E-state index is 12.2. The van der Waals surface area contributed by atoms with Crippen molar-refractivity contribution in [3.8, 4) is 0 Å². The van der Waals surface area contributed by atoms with E-state index >= 15 is 0 Å². The summed E-state index contributed by atoms with van der Waals surface area (Å²) in [6.07, 6.45) is 2.53. The van der Waals surface area contributed by atoms with Gasteiger partial charge in [0.2, 0.25) is 10.0 Å². The Labute approximate surface area is 139 Å². The van der Waals surface area contributed by atoms with E-state index in [9.17, 15) is 13.2 Å². The first-order valence-corrected chi connectivity index (χ1v) is 9.81. The van der Waals surface area contributed by atoms with E-state index in [1.54, 1.807) is 18.2 Å². The minimum atomic E-state index is -3.22. The summed E-state index contributed by atoms with van der Waals surface area (Å²) in [7, 11) is -3.22. The molecular formula is C17H26N2O3S. The number of aryl methyl sites for hydroxylation is 1. The molecule has 1 N–H and O–H groups in total. The largest absolute Gasteiger partial charge is 0.352 e. The summed E-state index contributed by atoms with van der Waals surface area (Å²) in [6, 6.07) is 5.22. The van der Waals surface area contributed by atoms with Crippen molar-refractivity contribution >= 4 is 21.6 Å². The molecule has 1 saturated heterocycles. The molecule has 1 aliphatic rings. The molecule has 1 fully saturated rings. The monoisotopic (exact) mass is 338 g/mol. The number of rotatable bonds is 5. The number of benzene rings is 1. The summed E-state index contributed by atoms with van der Waals surface area (Å²) < 4.78 is 25.9. The number of nitrogens with zero attached hydrogens (tertiary/aromatic N) is 1. The standard InChI is InChI=1S/C17H26N2O3S/c1-13(2)8-9-18-17(20)15-6-7-16(14(3)12-15)19-10-4-5-11-23(19,21)22/h6-7,12-13H,4-5,8-11H2,1-3H3,(H,18,20). The van der Waals surface area contributed by atoms with Gasteiger partial charge in [-0.2, -0.15) is 0 Å². The quantitative estimate of drug-likeness (QED) is 0.897. The average Bonchev–Trinajstić information content (AvgIpc) is 2.47. The molecule has 0 aliphatic carbocycles. The summed E-state index contributed by atoms with van der Waals surface area (Å²) in [6.45, 7) is 7.25. The summed E-state index contributed by atoms with van der Waals surface area (Å²) in [5.74, 6) is 0.634. The fourth-order valence-corrected chi connectivity index (χ4v) is 4.41. The first kappa shape index (κ1) is 17.8. The van der Waals surface area contributed by atoms with Crippen LogP contribution in [0.5, 0.6) is 0 Å². The first-order valence-electron chi connectivity index (χ1n) is 8.20. The van der Waals surface area contributed by atoms with Crippen LogP contribution < -0.4 is 9.62 Å². The number of amides is 1. The molecule has 0 unspecified atom stereocenters. The molecule has 1 aliphatic heterocycles. The second-order valence-electron chi connectivity index (χ2n) is 6.53. The fourth-order valence-electron chi connectivity index (χ4n) is 2.71. The lowest BCUT2D eigenvalue weighted by molar-refractivity contribution is 0.0952. The van der Waals surface area contributed by atoms with Crippen LogP contribution in [-0.4, -0.2) is 33.2 Å². The fraction of sp³-hybridized carbons (Fsp3) is 0.588. The Kier molecular flexibility index (Phi) is 5.68. The van der Waals surface area contributed by atoms with E-state index in [-0.39, 0.29) is 11.7 Å². The van der Waals surface area contributed by atoms with Gasteiger partial charge in [0.05, 0.1) is 11.4 Å². The van der Waals surface area contributed by atoms with Crippen LogP contribution in [-0.2, 0) is 10.0 Å². The molecule has 5 nitrogen and oxygen atoms in total. The molecule has 128 valence electrons. The number of hydrogen-bond donors (Lipinski definition) is 1. The molecule has 0 bridgehead atoms. The Morgan fingerprint density at radius 2 is 2.04 bits per heavy atom. The molecule has 0 aromatic heterocycles. The minimum absolute atomic E-state index is 0.109. The molecule has 1 aromatic rings. The average molecular weight is 338 g/mol. The van der Waals surface area contributed by atoms with Gasteiger partial charge in [0.25, 0.3) is 5.91 Å². The molecule has 0 atom stereocenters. The van der Waals surface area contributed by atoms with Crippen molar-refractivity contribution in [1.29, 1.82) is 0 Å². The number of anilines is 1. The van der Waals surface area contributed by atoms with Gasteiger partial charge in [-0.05, 0) is 55.9 Å². The topological polar surface area (TPSA) is 66.5 Å². The van der Waals surface area contributed by atoms with Crippen molar-refractivity contribution in [2.45, 2.75) is 40.0 Å². The number of sulfonamides is 1. The number of carbonyl (C=O) groups excluding carboxylic acids is 1. The highest BCUT2D eigenvalue weighted by Crippen LogP contribution is 2.27. The van der Waals surface area contributed by atoms with Crippen molar-refractivity contribution < 1.29 is 13.2 Å². The van der Waals surface area contributed by atoms with E-state index in [0.29, 0.717) is 36.7 Å². The number of carbonyl (C=O) groups is 1. The Bertz CT molecular complexity index is 668. The van der Waals surface area contributed by atoms with Crippen molar-refractivity contribution in [1.82, 2.24) is 5.32 Å². The Hall–Kier alpha value is -1.56. The van der Waals surface area contributed by atoms with Crippen molar-refractivity contribution in [3.63, 3.8) is 0 Å². The predicted octanol–water partition coefficient (Wildman–Crippen LogP) is 2.70. The SMILES string of the molecule is Cc1cc(C(=O)NCCC(C)C)ccc1N1CCCCS1(=O)=O. The Morgan fingerprint density at radius 3 is 2.65 bits per heavy atom. The van der Waals surface area contributed by atoms with E-state index in [2.05, 4.69) is 19.2 Å². The van der Waals surface area contributed by atoms with Gasteiger partial charge in [0, 0.05) is 18.7 Å². The highest BCUT2D eigenvalue weighted by atomic mass is 32.2. The number of nitrogens with one attached hydrogen (secondary N) is 1. The molecule has 1 amide bonds.